The van der Waals surface area contributed by atoms with Crippen molar-refractivity contribution in [3.63, 3.8) is 0 Å². The first kappa shape index (κ1) is 27.0. The topological polar surface area (TPSA) is 9.23 Å². The molecule has 36 heavy (non-hydrogen) atoms. The zero-order chi connectivity index (χ0) is 25.4. The first-order chi connectivity index (χ1) is 17.5. The summed E-state index contributed by atoms with van der Waals surface area (Å²) in [5.41, 5.74) is 3.57. The molecule has 0 radical (unpaired) electrons. The highest BCUT2D eigenvalue weighted by Crippen LogP contribution is 2.39. The van der Waals surface area contributed by atoms with Gasteiger partial charge in [-0.3, -0.25) is 0 Å². The molecule has 0 atom stereocenters. The van der Waals surface area contributed by atoms with Crippen molar-refractivity contribution in [1.29, 1.82) is 0 Å². The molecule has 2 fully saturated rings. The number of rotatable bonds is 10. The van der Waals surface area contributed by atoms with E-state index in [9.17, 15) is 8.78 Å². The Kier molecular flexibility index (Phi) is 9.76. The van der Waals surface area contributed by atoms with E-state index in [-0.39, 0.29) is 12.2 Å². The Balaban J connectivity index is 1.23. The minimum Gasteiger partial charge on any atom is -0.316 e. The summed E-state index contributed by atoms with van der Waals surface area (Å²) < 4.78 is 34.6. The van der Waals surface area contributed by atoms with Crippen molar-refractivity contribution in [2.75, 3.05) is 6.61 Å². The summed E-state index contributed by atoms with van der Waals surface area (Å²) in [4.78, 5) is 0. The van der Waals surface area contributed by atoms with Crippen molar-refractivity contribution in [2.24, 2.45) is 11.8 Å². The quantitative estimate of drug-likeness (QED) is 0.299. The summed E-state index contributed by atoms with van der Waals surface area (Å²) in [5, 5.41) is 0. The van der Waals surface area contributed by atoms with Gasteiger partial charge in [-0.1, -0.05) is 80.4 Å². The predicted molar refractivity (Wildman–Crippen MR) is 146 cm³/mol. The Hall–Kier alpha value is -2.00. The van der Waals surface area contributed by atoms with E-state index in [1.165, 1.54) is 62.5 Å². The molecule has 2 aliphatic rings. The molecule has 0 spiro atoms. The molecule has 0 unspecified atom stereocenters. The van der Waals surface area contributed by atoms with Crippen molar-refractivity contribution < 1.29 is 13.5 Å². The molecule has 2 aliphatic carbocycles. The number of hydrogen-bond donors (Lipinski definition) is 0. The van der Waals surface area contributed by atoms with Gasteiger partial charge in [-0.15, -0.1) is 0 Å². The van der Waals surface area contributed by atoms with Gasteiger partial charge in [0.05, 0.1) is 12.2 Å². The van der Waals surface area contributed by atoms with Crippen LogP contribution in [0.3, 0.4) is 0 Å². The lowest BCUT2D eigenvalue weighted by Gasteiger charge is -2.28. The molecular weight excluding hydrogens is 450 g/mol. The first-order valence-electron chi connectivity index (χ1n) is 14.3. The molecule has 0 saturated heterocycles. The van der Waals surface area contributed by atoms with Crippen LogP contribution >= 0.6 is 0 Å². The maximum absolute atomic E-state index is 14.7. The SMILES string of the molecule is C/C=C/[C@H]1CC[C@H](c2ccc(C(F)(F)OCCc3ccc([C@H]4CC[C@H](CCC)CC4)cc3)cc2)CC1. The molecule has 4 rings (SSSR count). The second kappa shape index (κ2) is 13.0. The van der Waals surface area contributed by atoms with Gasteiger partial charge in [0.1, 0.15) is 0 Å². The van der Waals surface area contributed by atoms with E-state index >= 15 is 0 Å². The molecule has 2 saturated carbocycles. The second-order valence-corrected chi connectivity index (χ2v) is 11.1. The fourth-order valence-electron chi connectivity index (χ4n) is 6.40. The number of halogens is 2. The van der Waals surface area contributed by atoms with Crippen LogP contribution in [0.2, 0.25) is 0 Å². The maximum atomic E-state index is 14.7. The number of benzene rings is 2. The molecule has 0 amide bonds. The third-order valence-corrected chi connectivity index (χ3v) is 8.62. The van der Waals surface area contributed by atoms with Gasteiger partial charge in [0.15, 0.2) is 0 Å². The number of alkyl halides is 2. The first-order valence-corrected chi connectivity index (χ1v) is 14.3. The fraction of sp³-hybridized carbons (Fsp3) is 0.576. The van der Waals surface area contributed by atoms with Crippen LogP contribution in [0.5, 0.6) is 0 Å². The molecule has 196 valence electrons. The van der Waals surface area contributed by atoms with Gasteiger partial charge < -0.3 is 4.74 Å². The van der Waals surface area contributed by atoms with Gasteiger partial charge in [-0.2, -0.15) is 8.78 Å². The van der Waals surface area contributed by atoms with E-state index in [1.807, 2.05) is 12.1 Å². The minimum absolute atomic E-state index is 0.00514. The third kappa shape index (κ3) is 7.28. The molecule has 2 aromatic carbocycles. The van der Waals surface area contributed by atoms with Gasteiger partial charge in [0.25, 0.3) is 0 Å². The molecule has 0 aliphatic heterocycles. The Bertz CT molecular complexity index is 931. The van der Waals surface area contributed by atoms with Crippen LogP contribution in [-0.2, 0) is 17.3 Å². The summed E-state index contributed by atoms with van der Waals surface area (Å²) >= 11 is 0. The Labute approximate surface area is 217 Å². The lowest BCUT2D eigenvalue weighted by Crippen LogP contribution is -2.20. The molecule has 3 heteroatoms. The van der Waals surface area contributed by atoms with Gasteiger partial charge in [-0.05, 0) is 105 Å². The molecular formula is C33H44F2O. The molecule has 2 aromatic rings. The van der Waals surface area contributed by atoms with E-state index in [0.29, 0.717) is 24.2 Å². The fourth-order valence-corrected chi connectivity index (χ4v) is 6.40. The van der Waals surface area contributed by atoms with Crippen LogP contribution in [-0.4, -0.2) is 6.61 Å². The van der Waals surface area contributed by atoms with Crippen molar-refractivity contribution in [3.8, 4) is 0 Å². The summed E-state index contributed by atoms with van der Waals surface area (Å²) in [6.45, 7) is 4.35. The number of ether oxygens (including phenoxy) is 1. The van der Waals surface area contributed by atoms with E-state index in [1.54, 1.807) is 12.1 Å². The largest absolute Gasteiger partial charge is 0.383 e. The zero-order valence-corrected chi connectivity index (χ0v) is 22.2. The lowest BCUT2D eigenvalue weighted by atomic mass is 9.77. The van der Waals surface area contributed by atoms with E-state index in [0.717, 1.165) is 24.3 Å². The lowest BCUT2D eigenvalue weighted by molar-refractivity contribution is -0.248. The average molecular weight is 495 g/mol. The van der Waals surface area contributed by atoms with Crippen LogP contribution in [0.4, 0.5) is 8.78 Å². The highest BCUT2D eigenvalue weighted by Gasteiger charge is 2.33. The van der Waals surface area contributed by atoms with E-state index in [4.69, 9.17) is 4.74 Å². The molecule has 0 bridgehead atoms. The molecule has 0 N–H and O–H groups in total. The predicted octanol–water partition coefficient (Wildman–Crippen LogP) is 9.92. The molecule has 1 nitrogen and oxygen atoms in total. The third-order valence-electron chi connectivity index (χ3n) is 8.62. The van der Waals surface area contributed by atoms with Crippen molar-refractivity contribution in [2.45, 2.75) is 102 Å². The van der Waals surface area contributed by atoms with Gasteiger partial charge in [0, 0.05) is 0 Å². The summed E-state index contributed by atoms with van der Waals surface area (Å²) in [6, 6.07) is 15.4. The van der Waals surface area contributed by atoms with Crippen LogP contribution in [0.15, 0.2) is 60.7 Å². The standard InChI is InChI=1S/C33H44F2O/c1-3-5-25-7-13-28(14-8-25)29-17-11-27(12-18-29)23-24-36-33(34,35)32-21-19-31(20-22-32)30-15-9-26(6-4-2)10-16-30/h4,6,11-12,17-22,25-26,28,30H,3,5,7-10,13-16,23-24H2,1-2H3/b6-4+/t25-,26-,28-,30-. The van der Waals surface area contributed by atoms with Gasteiger partial charge in [-0.25, -0.2) is 0 Å². The molecule has 0 heterocycles. The number of hydrogen-bond acceptors (Lipinski definition) is 1. The van der Waals surface area contributed by atoms with Crippen molar-refractivity contribution in [3.05, 3.63) is 82.9 Å². The average Bonchev–Trinajstić information content (AvgIpc) is 2.90. The Morgan fingerprint density at radius 1 is 0.806 bits per heavy atom. The summed E-state index contributed by atoms with van der Waals surface area (Å²) in [7, 11) is 0. The maximum Gasteiger partial charge on any atom is 0.383 e. The second-order valence-electron chi connectivity index (χ2n) is 11.1. The normalized spacial score (nSPS) is 25.3. The van der Waals surface area contributed by atoms with Crippen LogP contribution in [0, 0.1) is 11.8 Å². The number of allylic oxidation sites excluding steroid dienone is 2. The Morgan fingerprint density at radius 3 is 1.92 bits per heavy atom. The van der Waals surface area contributed by atoms with Gasteiger partial charge >= 0.3 is 6.11 Å². The summed E-state index contributed by atoms with van der Waals surface area (Å²) in [6.07, 6.45) is 14.1. The zero-order valence-electron chi connectivity index (χ0n) is 22.2. The smallest absolute Gasteiger partial charge is 0.316 e. The van der Waals surface area contributed by atoms with Gasteiger partial charge in [0.2, 0.25) is 0 Å². The van der Waals surface area contributed by atoms with Crippen LogP contribution in [0.1, 0.15) is 112 Å². The Morgan fingerprint density at radius 2 is 1.36 bits per heavy atom. The monoisotopic (exact) mass is 494 g/mol. The van der Waals surface area contributed by atoms with Crippen LogP contribution in [0.25, 0.3) is 0 Å². The van der Waals surface area contributed by atoms with E-state index < -0.39 is 6.11 Å². The summed E-state index contributed by atoms with van der Waals surface area (Å²) in [5.74, 6) is 2.71. The molecule has 0 aromatic heterocycles. The highest BCUT2D eigenvalue weighted by atomic mass is 19.3. The van der Waals surface area contributed by atoms with Crippen molar-refractivity contribution in [1.82, 2.24) is 0 Å². The minimum atomic E-state index is -3.26. The van der Waals surface area contributed by atoms with Crippen LogP contribution < -0.4 is 0 Å². The van der Waals surface area contributed by atoms with E-state index in [2.05, 4.69) is 50.3 Å². The highest BCUT2D eigenvalue weighted by molar-refractivity contribution is 5.28. The van der Waals surface area contributed by atoms with Crippen molar-refractivity contribution >= 4 is 0 Å².